The lowest BCUT2D eigenvalue weighted by atomic mass is 9.80. The van der Waals surface area contributed by atoms with Crippen LogP contribution in [0.25, 0.3) is 0 Å². The van der Waals surface area contributed by atoms with Crippen molar-refractivity contribution < 1.29 is 0 Å². The van der Waals surface area contributed by atoms with Crippen LogP contribution in [0, 0.1) is 0 Å². The SMILES string of the molecule is CN(C)C1(CNCc2cc(Cl)cs2)CCCCC1. The molecule has 1 aromatic heterocycles. The number of thiophene rings is 1. The van der Waals surface area contributed by atoms with E-state index in [1.54, 1.807) is 11.3 Å². The third kappa shape index (κ3) is 3.47. The molecule has 0 amide bonds. The third-order valence-electron chi connectivity index (χ3n) is 4.11. The third-order valence-corrected chi connectivity index (χ3v) is 5.39. The Balaban J connectivity index is 1.86. The van der Waals surface area contributed by atoms with Crippen LogP contribution in [0.2, 0.25) is 5.02 Å². The number of rotatable bonds is 5. The molecule has 0 spiro atoms. The summed E-state index contributed by atoms with van der Waals surface area (Å²) in [7, 11) is 4.43. The molecule has 0 saturated heterocycles. The van der Waals surface area contributed by atoms with Crippen LogP contribution < -0.4 is 5.32 Å². The molecule has 1 aliphatic carbocycles. The number of hydrogen-bond donors (Lipinski definition) is 1. The van der Waals surface area contributed by atoms with Crippen LogP contribution in [0.5, 0.6) is 0 Å². The highest BCUT2D eigenvalue weighted by atomic mass is 35.5. The average Bonchev–Trinajstić information content (AvgIpc) is 2.76. The van der Waals surface area contributed by atoms with E-state index in [0.29, 0.717) is 5.54 Å². The first-order valence-electron chi connectivity index (χ1n) is 6.73. The standard InChI is InChI=1S/C14H23ClN2S/c1-17(2)14(6-4-3-5-7-14)11-16-9-13-8-12(15)10-18-13/h8,10,16H,3-7,9,11H2,1-2H3. The minimum Gasteiger partial charge on any atom is -0.310 e. The van der Waals surface area contributed by atoms with Gasteiger partial charge in [-0.2, -0.15) is 0 Å². The topological polar surface area (TPSA) is 15.3 Å². The second-order valence-corrected chi connectivity index (χ2v) is 6.95. The number of halogens is 1. The molecule has 1 heterocycles. The summed E-state index contributed by atoms with van der Waals surface area (Å²) in [6, 6.07) is 2.06. The Bertz CT molecular complexity index is 370. The summed E-state index contributed by atoms with van der Waals surface area (Å²) in [6.45, 7) is 2.02. The van der Waals surface area contributed by atoms with Crippen molar-refractivity contribution in [2.75, 3.05) is 20.6 Å². The summed E-state index contributed by atoms with van der Waals surface area (Å²) in [4.78, 5) is 3.74. The van der Waals surface area contributed by atoms with Crippen LogP contribution in [-0.2, 0) is 6.54 Å². The molecule has 1 fully saturated rings. The fourth-order valence-corrected chi connectivity index (χ4v) is 3.90. The van der Waals surface area contributed by atoms with Gasteiger partial charge in [0.05, 0.1) is 5.02 Å². The zero-order valence-corrected chi connectivity index (χ0v) is 12.9. The molecular formula is C14H23ClN2S. The Morgan fingerprint density at radius 2 is 2.06 bits per heavy atom. The molecule has 4 heteroatoms. The van der Waals surface area contributed by atoms with E-state index in [1.165, 1.54) is 37.0 Å². The predicted octanol–water partition coefficient (Wildman–Crippen LogP) is 3.76. The highest BCUT2D eigenvalue weighted by molar-refractivity contribution is 7.10. The van der Waals surface area contributed by atoms with E-state index in [4.69, 9.17) is 11.6 Å². The summed E-state index contributed by atoms with van der Waals surface area (Å²) in [5, 5.41) is 6.48. The number of nitrogens with zero attached hydrogens (tertiary/aromatic N) is 1. The molecule has 2 rings (SSSR count). The first-order chi connectivity index (χ1) is 8.62. The molecular weight excluding hydrogens is 264 g/mol. The van der Waals surface area contributed by atoms with Crippen molar-refractivity contribution in [1.82, 2.24) is 10.2 Å². The molecule has 1 saturated carbocycles. The molecule has 0 bridgehead atoms. The molecule has 0 aliphatic heterocycles. The summed E-state index contributed by atoms with van der Waals surface area (Å²) in [6.07, 6.45) is 6.77. The number of nitrogens with one attached hydrogen (secondary N) is 1. The van der Waals surface area contributed by atoms with E-state index in [0.717, 1.165) is 18.1 Å². The molecule has 0 atom stereocenters. The van der Waals surface area contributed by atoms with Gasteiger partial charge in [-0.05, 0) is 33.0 Å². The minimum absolute atomic E-state index is 0.360. The Morgan fingerprint density at radius 3 is 2.61 bits per heavy atom. The Kier molecular flexibility index (Phi) is 5.07. The fourth-order valence-electron chi connectivity index (χ4n) is 2.86. The van der Waals surface area contributed by atoms with E-state index in [1.807, 2.05) is 5.38 Å². The Morgan fingerprint density at radius 1 is 1.33 bits per heavy atom. The molecule has 1 N–H and O–H groups in total. The van der Waals surface area contributed by atoms with Crippen LogP contribution in [0.3, 0.4) is 0 Å². The Hall–Kier alpha value is -0.0900. The van der Waals surface area contributed by atoms with E-state index in [-0.39, 0.29) is 0 Å². The first kappa shape index (κ1) is 14.3. The number of hydrogen-bond acceptors (Lipinski definition) is 3. The minimum atomic E-state index is 0.360. The molecule has 2 nitrogen and oxygen atoms in total. The van der Waals surface area contributed by atoms with Gasteiger partial charge in [0.2, 0.25) is 0 Å². The molecule has 1 aliphatic rings. The van der Waals surface area contributed by atoms with Gasteiger partial charge in [0.1, 0.15) is 0 Å². The lowest BCUT2D eigenvalue weighted by Crippen LogP contribution is -2.52. The molecule has 18 heavy (non-hydrogen) atoms. The van der Waals surface area contributed by atoms with E-state index in [9.17, 15) is 0 Å². The highest BCUT2D eigenvalue weighted by Gasteiger charge is 2.33. The quantitative estimate of drug-likeness (QED) is 0.887. The Labute approximate surface area is 119 Å². The van der Waals surface area contributed by atoms with Crippen molar-refractivity contribution in [3.63, 3.8) is 0 Å². The highest BCUT2D eigenvalue weighted by Crippen LogP contribution is 2.31. The second-order valence-electron chi connectivity index (χ2n) is 5.51. The maximum atomic E-state index is 5.94. The van der Waals surface area contributed by atoms with Crippen molar-refractivity contribution in [2.45, 2.75) is 44.2 Å². The smallest absolute Gasteiger partial charge is 0.0516 e. The van der Waals surface area contributed by atoms with Crippen molar-refractivity contribution >= 4 is 22.9 Å². The zero-order chi connectivity index (χ0) is 13.0. The first-order valence-corrected chi connectivity index (χ1v) is 7.99. The normalized spacial score (nSPS) is 19.3. The molecule has 0 unspecified atom stereocenters. The van der Waals surface area contributed by atoms with Crippen molar-refractivity contribution in [1.29, 1.82) is 0 Å². The van der Waals surface area contributed by atoms with Gasteiger partial charge in [-0.15, -0.1) is 11.3 Å². The summed E-state index contributed by atoms with van der Waals surface area (Å²) >= 11 is 7.68. The second kappa shape index (κ2) is 6.38. The van der Waals surface area contributed by atoms with Crippen molar-refractivity contribution in [3.05, 3.63) is 21.3 Å². The van der Waals surface area contributed by atoms with Crippen LogP contribution in [0.4, 0.5) is 0 Å². The predicted molar refractivity (Wildman–Crippen MR) is 80.5 cm³/mol. The van der Waals surface area contributed by atoms with Crippen molar-refractivity contribution in [3.8, 4) is 0 Å². The van der Waals surface area contributed by atoms with Crippen molar-refractivity contribution in [2.24, 2.45) is 0 Å². The maximum Gasteiger partial charge on any atom is 0.0516 e. The van der Waals surface area contributed by atoms with Crippen LogP contribution in [-0.4, -0.2) is 31.1 Å². The van der Waals surface area contributed by atoms with Gasteiger partial charge in [-0.1, -0.05) is 30.9 Å². The lowest BCUT2D eigenvalue weighted by Gasteiger charge is -2.43. The number of likely N-dealkylation sites (N-methyl/N-ethyl adjacent to an activating group) is 1. The van der Waals surface area contributed by atoms with Gasteiger partial charge in [0.25, 0.3) is 0 Å². The zero-order valence-electron chi connectivity index (χ0n) is 11.3. The molecule has 0 aromatic carbocycles. The van der Waals surface area contributed by atoms with E-state index < -0.39 is 0 Å². The average molecular weight is 287 g/mol. The van der Waals surface area contributed by atoms with E-state index in [2.05, 4.69) is 30.4 Å². The van der Waals surface area contributed by atoms with Crippen LogP contribution in [0.1, 0.15) is 37.0 Å². The summed E-state index contributed by atoms with van der Waals surface area (Å²) in [5.41, 5.74) is 0.360. The van der Waals surface area contributed by atoms with Gasteiger partial charge in [0.15, 0.2) is 0 Å². The maximum absolute atomic E-state index is 5.94. The van der Waals surface area contributed by atoms with Crippen LogP contribution >= 0.6 is 22.9 Å². The summed E-state index contributed by atoms with van der Waals surface area (Å²) < 4.78 is 0. The largest absolute Gasteiger partial charge is 0.310 e. The molecule has 1 aromatic rings. The summed E-state index contributed by atoms with van der Waals surface area (Å²) in [5.74, 6) is 0. The monoisotopic (exact) mass is 286 g/mol. The van der Waals surface area contributed by atoms with Gasteiger partial charge in [-0.25, -0.2) is 0 Å². The van der Waals surface area contributed by atoms with Gasteiger partial charge < -0.3 is 10.2 Å². The van der Waals surface area contributed by atoms with Gasteiger partial charge in [0, 0.05) is 28.9 Å². The lowest BCUT2D eigenvalue weighted by molar-refractivity contribution is 0.0985. The molecule has 0 radical (unpaired) electrons. The fraction of sp³-hybridized carbons (Fsp3) is 0.714. The van der Waals surface area contributed by atoms with Crippen LogP contribution in [0.15, 0.2) is 11.4 Å². The van der Waals surface area contributed by atoms with Gasteiger partial charge >= 0.3 is 0 Å². The van der Waals surface area contributed by atoms with E-state index >= 15 is 0 Å². The molecule has 102 valence electrons. The van der Waals surface area contributed by atoms with Gasteiger partial charge in [-0.3, -0.25) is 0 Å².